The van der Waals surface area contributed by atoms with Crippen LogP contribution in [0.15, 0.2) is 128 Å². The number of amides is 1. The third-order valence-corrected chi connectivity index (χ3v) is 16.2. The average molecular weight is 1040 g/mol. The summed E-state index contributed by atoms with van der Waals surface area (Å²) < 4.78 is 142. The molecule has 18 nitrogen and oxygen atoms in total. The molecule has 1 amide bonds. The Balaban J connectivity index is 1.24. The Bertz CT molecular complexity index is 3600. The first-order chi connectivity index (χ1) is 32.5. The fourth-order valence-electron chi connectivity index (χ4n) is 9.67. The molecule has 0 bridgehead atoms. The molecule has 7 rings (SSSR count). The summed E-state index contributed by atoms with van der Waals surface area (Å²) in [7, 11) is -21.5. The third kappa shape index (κ3) is 10.1. The molecule has 0 aliphatic carbocycles. The second kappa shape index (κ2) is 18.9. The minimum Gasteiger partial charge on any atom is -0.423 e. The van der Waals surface area contributed by atoms with Crippen LogP contribution in [-0.4, -0.2) is 98.3 Å². The molecule has 23 heteroatoms. The van der Waals surface area contributed by atoms with Gasteiger partial charge in [-0.25, -0.2) is 0 Å². The standard InChI is InChI=1S/C47H50BN3O15S4/c1-6-50-37-21-19-33-35(25-31(67(55,56)57)27-39(33)69(61,62)63)44(37)46(2,3)41(50)16-9-7-10-17-42-47(4,5)45-36-26-32(68(58,59)60)28-40(70(64,65)66)34(36)20-22-38(45)51(42)23-12-8-11-18-43(52)49-30-15-13-14-29(24-30)48(53)54/h7,9-10,13-17,19-22,24-28,53-54H,6,8,11-12,18,23H2,1-5H3,(H4-,49,52,55,56,57,58,59,60,61,62,63,64,65,66)/p+1. The normalized spacial score (nSPS) is 16.6. The number of likely N-dealkylation sites (N-methyl/N-ethyl adjacent to an activating group) is 1. The fourth-order valence-corrected chi connectivity index (χ4v) is 12.4. The average Bonchev–Trinajstić information content (AvgIpc) is 3.62. The number of benzene rings is 5. The summed E-state index contributed by atoms with van der Waals surface area (Å²) in [5.74, 6) is -0.275. The van der Waals surface area contributed by atoms with Crippen molar-refractivity contribution in [1.82, 2.24) is 0 Å². The molecule has 0 atom stereocenters. The van der Waals surface area contributed by atoms with Crippen molar-refractivity contribution < 1.29 is 71.3 Å². The molecule has 5 aromatic carbocycles. The minimum atomic E-state index is -4.99. The summed E-state index contributed by atoms with van der Waals surface area (Å²) in [6.45, 7) is 10.2. The van der Waals surface area contributed by atoms with E-state index in [-0.39, 0.29) is 39.3 Å². The number of fused-ring (bicyclic) bond motifs is 6. The van der Waals surface area contributed by atoms with Crippen molar-refractivity contribution >= 4 is 103 Å². The van der Waals surface area contributed by atoms with Crippen molar-refractivity contribution in [2.45, 2.75) is 90.7 Å². The van der Waals surface area contributed by atoms with Crippen LogP contribution < -0.4 is 15.7 Å². The Morgan fingerprint density at radius 2 is 1.26 bits per heavy atom. The molecule has 370 valence electrons. The zero-order chi connectivity index (χ0) is 51.5. The molecule has 0 fully saturated rings. The van der Waals surface area contributed by atoms with E-state index in [0.717, 1.165) is 5.70 Å². The van der Waals surface area contributed by atoms with Crippen LogP contribution in [-0.2, 0) is 56.1 Å². The number of allylic oxidation sites excluding steroid dienone is 6. The lowest BCUT2D eigenvalue weighted by Crippen LogP contribution is -2.30. The van der Waals surface area contributed by atoms with Crippen LogP contribution in [0.5, 0.6) is 0 Å². The number of hydrogen-bond acceptors (Lipinski definition) is 12. The predicted molar refractivity (Wildman–Crippen MR) is 266 cm³/mol. The summed E-state index contributed by atoms with van der Waals surface area (Å²) >= 11 is 0. The lowest BCUT2D eigenvalue weighted by molar-refractivity contribution is -0.438. The number of rotatable bonds is 16. The molecule has 70 heavy (non-hydrogen) atoms. The van der Waals surface area contributed by atoms with Crippen molar-refractivity contribution in [3.8, 4) is 0 Å². The van der Waals surface area contributed by atoms with Gasteiger partial charge in [-0.1, -0.05) is 50.3 Å². The summed E-state index contributed by atoms with van der Waals surface area (Å²) in [5.41, 5.74) is 2.58. The Hall–Kier alpha value is -5.60. The maximum absolute atomic E-state index is 12.8. The van der Waals surface area contributed by atoms with Crippen molar-refractivity contribution in [3.05, 3.63) is 120 Å². The van der Waals surface area contributed by atoms with E-state index in [0.29, 0.717) is 78.4 Å². The molecule has 0 saturated carbocycles. The topological polar surface area (TPSA) is 293 Å². The number of nitrogens with one attached hydrogen (secondary N) is 1. The highest BCUT2D eigenvalue weighted by Gasteiger charge is 2.46. The SMILES string of the molecule is CCN1/C(=C/C=C/C=C/C2=[N+](CCCCCC(=O)Nc3cccc(B(O)O)c3)c3ccc4c(S(=O)(=O)O)cc(S(=O)(=O)O)cc4c3C2(C)C)C(C)(C)c2c1ccc1c(S(=O)(=O)O)cc(S(=O)(=O)O)cc21. The smallest absolute Gasteiger partial charge is 0.423 e. The molecular weight excluding hydrogens is 986 g/mol. The van der Waals surface area contributed by atoms with E-state index in [1.54, 1.807) is 42.5 Å². The Morgan fingerprint density at radius 1 is 0.671 bits per heavy atom. The van der Waals surface area contributed by atoms with Crippen LogP contribution in [0, 0.1) is 0 Å². The van der Waals surface area contributed by atoms with Gasteiger partial charge in [-0.2, -0.15) is 38.2 Å². The predicted octanol–water partition coefficient (Wildman–Crippen LogP) is 6.05. The molecular formula is C47H51BN3O15S4+. The molecule has 0 saturated heterocycles. The van der Waals surface area contributed by atoms with Crippen molar-refractivity contribution in [2.24, 2.45) is 0 Å². The molecule has 2 aliphatic rings. The van der Waals surface area contributed by atoms with Crippen LogP contribution in [0.2, 0.25) is 0 Å². The van der Waals surface area contributed by atoms with E-state index < -0.39 is 78.0 Å². The molecule has 2 aliphatic heterocycles. The first-order valence-electron chi connectivity index (χ1n) is 21.8. The third-order valence-electron chi connectivity index (χ3n) is 12.7. The van der Waals surface area contributed by atoms with Gasteiger partial charge in [0, 0.05) is 70.4 Å². The second-order valence-electron chi connectivity index (χ2n) is 18.0. The first-order valence-corrected chi connectivity index (χ1v) is 27.6. The van der Waals surface area contributed by atoms with Gasteiger partial charge in [0.2, 0.25) is 11.6 Å². The number of carbonyl (C=O) groups excluding carboxylic acids is 1. The van der Waals surface area contributed by atoms with E-state index in [1.165, 1.54) is 36.4 Å². The molecule has 0 radical (unpaired) electrons. The number of nitrogens with zero attached hydrogens (tertiary/aromatic N) is 2. The van der Waals surface area contributed by atoms with Crippen molar-refractivity contribution in [3.63, 3.8) is 0 Å². The van der Waals surface area contributed by atoms with Gasteiger partial charge in [-0.3, -0.25) is 23.0 Å². The van der Waals surface area contributed by atoms with E-state index in [2.05, 4.69) is 5.32 Å². The Kier molecular flexibility index (Phi) is 14.1. The van der Waals surface area contributed by atoms with E-state index >= 15 is 0 Å². The molecule has 7 N–H and O–H groups in total. The first kappa shape index (κ1) is 52.2. The van der Waals surface area contributed by atoms with E-state index in [4.69, 9.17) is 0 Å². The van der Waals surface area contributed by atoms with Crippen LogP contribution in [0.1, 0.15) is 71.4 Å². The Morgan fingerprint density at radius 3 is 1.81 bits per heavy atom. The maximum Gasteiger partial charge on any atom is 0.488 e. The summed E-state index contributed by atoms with van der Waals surface area (Å²) in [5, 5.41) is 22.2. The summed E-state index contributed by atoms with van der Waals surface area (Å²) in [6, 6.07) is 16.2. The van der Waals surface area contributed by atoms with Gasteiger partial charge in [0.1, 0.15) is 16.3 Å². The number of hydrogen-bond donors (Lipinski definition) is 7. The number of anilines is 2. The van der Waals surface area contributed by atoms with Gasteiger partial charge >= 0.3 is 7.12 Å². The van der Waals surface area contributed by atoms with E-state index in [9.17, 15) is 66.7 Å². The van der Waals surface area contributed by atoms with Crippen molar-refractivity contribution in [2.75, 3.05) is 23.3 Å². The number of carbonyl (C=O) groups is 1. The van der Waals surface area contributed by atoms with Gasteiger partial charge in [0.05, 0.1) is 15.2 Å². The summed E-state index contributed by atoms with van der Waals surface area (Å²) in [4.78, 5) is 12.0. The lowest BCUT2D eigenvalue weighted by atomic mass is 9.79. The minimum absolute atomic E-state index is 0.0281. The second-order valence-corrected chi connectivity index (χ2v) is 23.7. The highest BCUT2D eigenvalue weighted by molar-refractivity contribution is 7.87. The maximum atomic E-state index is 12.8. The monoisotopic (exact) mass is 1040 g/mol. The van der Waals surface area contributed by atoms with Crippen LogP contribution in [0.25, 0.3) is 21.5 Å². The van der Waals surface area contributed by atoms with E-state index in [1.807, 2.05) is 56.2 Å². The fraction of sp³-hybridized carbons (Fsp3) is 0.277. The highest BCUT2D eigenvalue weighted by atomic mass is 32.2. The van der Waals surface area contributed by atoms with Gasteiger partial charge in [-0.15, -0.1) is 0 Å². The van der Waals surface area contributed by atoms with Gasteiger partial charge < -0.3 is 20.3 Å². The molecule has 0 aromatic heterocycles. The largest absolute Gasteiger partial charge is 0.488 e. The molecule has 0 unspecified atom stereocenters. The van der Waals surface area contributed by atoms with Crippen LogP contribution in [0.4, 0.5) is 17.1 Å². The lowest BCUT2D eigenvalue weighted by Gasteiger charge is -2.26. The highest BCUT2D eigenvalue weighted by Crippen LogP contribution is 2.52. The van der Waals surface area contributed by atoms with Crippen LogP contribution >= 0.6 is 0 Å². The quantitative estimate of drug-likeness (QED) is 0.0195. The zero-order valence-corrected chi connectivity index (χ0v) is 41.8. The Labute approximate surface area is 406 Å². The zero-order valence-electron chi connectivity index (χ0n) is 38.5. The molecule has 2 heterocycles. The molecule has 0 spiro atoms. The molecule has 5 aromatic rings. The van der Waals surface area contributed by atoms with Gasteiger partial charge in [0.15, 0.2) is 5.71 Å². The number of unbranched alkanes of at least 4 members (excludes halogenated alkanes) is 2. The van der Waals surface area contributed by atoms with Crippen molar-refractivity contribution in [1.29, 1.82) is 0 Å². The van der Waals surface area contributed by atoms with Gasteiger partial charge in [-0.05, 0) is 110 Å². The van der Waals surface area contributed by atoms with Gasteiger partial charge in [0.25, 0.3) is 40.5 Å². The summed E-state index contributed by atoms with van der Waals surface area (Å²) in [6.07, 6.45) is 10.8. The van der Waals surface area contributed by atoms with Crippen LogP contribution in [0.3, 0.4) is 0 Å².